The van der Waals surface area contributed by atoms with Crippen molar-refractivity contribution in [3.8, 4) is 0 Å². The second-order valence-electron chi connectivity index (χ2n) is 4.13. The molecule has 0 saturated heterocycles. The molecule has 102 valence electrons. The molecule has 1 atom stereocenters. The molecule has 18 heavy (non-hydrogen) atoms. The van der Waals surface area contributed by atoms with Gasteiger partial charge in [0.1, 0.15) is 0 Å². The van der Waals surface area contributed by atoms with Crippen LogP contribution in [0.25, 0.3) is 0 Å². The first kappa shape index (κ1) is 15.2. The summed E-state index contributed by atoms with van der Waals surface area (Å²) in [6, 6.07) is 4.31. The Balaban J connectivity index is 2.82. The van der Waals surface area contributed by atoms with Crippen LogP contribution in [0.15, 0.2) is 23.1 Å². The summed E-state index contributed by atoms with van der Waals surface area (Å²) in [6.45, 7) is 3.25. The Bertz CT molecular complexity index is 505. The number of methoxy groups -OCH3 is 1. The molecule has 0 fully saturated rings. The molecule has 0 amide bonds. The van der Waals surface area contributed by atoms with Gasteiger partial charge in [0, 0.05) is 13.7 Å². The number of halogens is 1. The molecule has 0 heterocycles. The first-order valence-corrected chi connectivity index (χ1v) is 7.32. The summed E-state index contributed by atoms with van der Waals surface area (Å²) in [6.07, 6.45) is 0. The highest BCUT2D eigenvalue weighted by Crippen LogP contribution is 2.24. The van der Waals surface area contributed by atoms with Crippen molar-refractivity contribution in [2.45, 2.75) is 11.8 Å². The van der Waals surface area contributed by atoms with Crippen molar-refractivity contribution in [2.24, 2.45) is 11.1 Å². The third-order valence-electron chi connectivity index (χ3n) is 2.36. The molecule has 0 aliphatic carbocycles. The number of ether oxygens (including phenoxy) is 1. The molecule has 0 aliphatic rings. The Labute approximate surface area is 112 Å². The molecular weight excluding hydrogens is 276 g/mol. The Kier molecular flexibility index (Phi) is 5.40. The van der Waals surface area contributed by atoms with Crippen molar-refractivity contribution in [1.82, 2.24) is 0 Å². The largest absolute Gasteiger partial charge is 0.384 e. The van der Waals surface area contributed by atoms with Crippen molar-refractivity contribution in [3.63, 3.8) is 0 Å². The van der Waals surface area contributed by atoms with Gasteiger partial charge in [-0.15, -0.1) is 0 Å². The summed E-state index contributed by atoms with van der Waals surface area (Å²) in [7, 11) is -2.08. The van der Waals surface area contributed by atoms with Crippen molar-refractivity contribution >= 4 is 27.3 Å². The molecule has 3 N–H and O–H groups in total. The molecule has 1 rings (SSSR count). The zero-order valence-corrected chi connectivity index (χ0v) is 11.9. The fourth-order valence-corrected chi connectivity index (χ4v) is 2.17. The molecule has 0 radical (unpaired) electrons. The van der Waals surface area contributed by atoms with Gasteiger partial charge >= 0.3 is 0 Å². The number of benzene rings is 1. The van der Waals surface area contributed by atoms with Crippen molar-refractivity contribution in [2.75, 3.05) is 25.6 Å². The van der Waals surface area contributed by atoms with E-state index in [2.05, 4.69) is 5.32 Å². The van der Waals surface area contributed by atoms with Crippen LogP contribution < -0.4 is 10.5 Å². The number of hydrogen-bond acceptors (Lipinski definition) is 4. The van der Waals surface area contributed by atoms with E-state index in [4.69, 9.17) is 21.5 Å². The third kappa shape index (κ3) is 4.45. The number of anilines is 1. The van der Waals surface area contributed by atoms with E-state index in [1.807, 2.05) is 6.92 Å². The van der Waals surface area contributed by atoms with E-state index in [0.717, 1.165) is 0 Å². The zero-order chi connectivity index (χ0) is 13.8. The van der Waals surface area contributed by atoms with E-state index < -0.39 is 10.0 Å². The highest BCUT2D eigenvalue weighted by molar-refractivity contribution is 7.89. The van der Waals surface area contributed by atoms with Crippen LogP contribution in [0.1, 0.15) is 6.92 Å². The number of rotatable bonds is 6. The Morgan fingerprint density at radius 3 is 2.72 bits per heavy atom. The zero-order valence-electron chi connectivity index (χ0n) is 10.3. The summed E-state index contributed by atoms with van der Waals surface area (Å²) in [5.74, 6) is 0.282. The first-order chi connectivity index (χ1) is 8.34. The van der Waals surface area contributed by atoms with E-state index in [1.165, 1.54) is 18.2 Å². The fraction of sp³-hybridized carbons (Fsp3) is 0.455. The highest BCUT2D eigenvalue weighted by atomic mass is 35.5. The summed E-state index contributed by atoms with van der Waals surface area (Å²) >= 11 is 5.98. The molecule has 0 saturated carbocycles. The van der Waals surface area contributed by atoms with Crippen LogP contribution in [0.4, 0.5) is 5.69 Å². The maximum atomic E-state index is 11.2. The minimum atomic E-state index is -3.71. The normalized spacial score (nSPS) is 13.3. The fourth-order valence-electron chi connectivity index (χ4n) is 1.44. The number of hydrogen-bond donors (Lipinski definition) is 2. The summed E-state index contributed by atoms with van der Waals surface area (Å²) in [5, 5.41) is 8.59. The van der Waals surface area contributed by atoms with Crippen LogP contribution in [-0.4, -0.2) is 28.7 Å². The number of sulfonamides is 1. The molecular formula is C11H17ClN2O3S. The van der Waals surface area contributed by atoms with Gasteiger partial charge in [-0.05, 0) is 24.1 Å². The lowest BCUT2D eigenvalue weighted by Gasteiger charge is -2.14. The van der Waals surface area contributed by atoms with E-state index in [-0.39, 0.29) is 10.8 Å². The standard InChI is InChI=1S/C11H17ClN2O3S/c1-8(7-17-2)6-14-11-5-9(18(13,15)16)3-4-10(11)12/h3-5,8,14H,6-7H2,1-2H3,(H2,13,15,16). The van der Waals surface area contributed by atoms with Gasteiger partial charge in [-0.25, -0.2) is 13.6 Å². The van der Waals surface area contributed by atoms with E-state index in [9.17, 15) is 8.42 Å². The van der Waals surface area contributed by atoms with Gasteiger partial charge in [0.2, 0.25) is 10.0 Å². The van der Waals surface area contributed by atoms with E-state index in [0.29, 0.717) is 23.9 Å². The van der Waals surface area contributed by atoms with Gasteiger partial charge in [0.25, 0.3) is 0 Å². The minimum absolute atomic E-state index is 0.0359. The third-order valence-corrected chi connectivity index (χ3v) is 3.60. The van der Waals surface area contributed by atoms with Gasteiger partial charge in [-0.3, -0.25) is 0 Å². The highest BCUT2D eigenvalue weighted by Gasteiger charge is 2.11. The second-order valence-corrected chi connectivity index (χ2v) is 6.10. The Hall–Kier alpha value is -0.820. The lowest BCUT2D eigenvalue weighted by atomic mass is 10.2. The number of primary sulfonamides is 1. The van der Waals surface area contributed by atoms with Gasteiger partial charge in [-0.1, -0.05) is 18.5 Å². The van der Waals surface area contributed by atoms with Crippen LogP contribution in [0, 0.1) is 5.92 Å². The maximum absolute atomic E-state index is 11.2. The molecule has 0 aliphatic heterocycles. The smallest absolute Gasteiger partial charge is 0.238 e. The van der Waals surface area contributed by atoms with Gasteiger partial charge in [-0.2, -0.15) is 0 Å². The minimum Gasteiger partial charge on any atom is -0.384 e. The number of nitrogens with two attached hydrogens (primary N) is 1. The van der Waals surface area contributed by atoms with Gasteiger partial charge < -0.3 is 10.1 Å². The lowest BCUT2D eigenvalue weighted by Crippen LogP contribution is -2.17. The Morgan fingerprint density at radius 2 is 2.17 bits per heavy atom. The average Bonchev–Trinajstić information content (AvgIpc) is 2.26. The van der Waals surface area contributed by atoms with E-state index >= 15 is 0 Å². The predicted molar refractivity (Wildman–Crippen MR) is 72.4 cm³/mol. The molecule has 5 nitrogen and oxygen atoms in total. The average molecular weight is 293 g/mol. The summed E-state index contributed by atoms with van der Waals surface area (Å²) in [4.78, 5) is 0.0359. The maximum Gasteiger partial charge on any atom is 0.238 e. The second kappa shape index (κ2) is 6.38. The van der Waals surface area contributed by atoms with Crippen LogP contribution in [-0.2, 0) is 14.8 Å². The van der Waals surface area contributed by atoms with Crippen molar-refractivity contribution < 1.29 is 13.2 Å². The Morgan fingerprint density at radius 1 is 1.50 bits per heavy atom. The quantitative estimate of drug-likeness (QED) is 0.836. The van der Waals surface area contributed by atoms with Gasteiger partial charge in [0.15, 0.2) is 0 Å². The molecule has 7 heteroatoms. The first-order valence-electron chi connectivity index (χ1n) is 5.39. The SMILES string of the molecule is COCC(C)CNc1cc(S(N)(=O)=O)ccc1Cl. The lowest BCUT2D eigenvalue weighted by molar-refractivity contribution is 0.164. The van der Waals surface area contributed by atoms with Crippen LogP contribution in [0.3, 0.4) is 0 Å². The van der Waals surface area contributed by atoms with Crippen LogP contribution >= 0.6 is 11.6 Å². The van der Waals surface area contributed by atoms with Crippen molar-refractivity contribution in [1.29, 1.82) is 0 Å². The number of nitrogens with one attached hydrogen (secondary N) is 1. The summed E-state index contributed by atoms with van der Waals surface area (Å²) in [5.41, 5.74) is 0.547. The van der Waals surface area contributed by atoms with Crippen molar-refractivity contribution in [3.05, 3.63) is 23.2 Å². The molecule has 0 aromatic heterocycles. The summed E-state index contributed by atoms with van der Waals surface area (Å²) < 4.78 is 27.5. The van der Waals surface area contributed by atoms with E-state index in [1.54, 1.807) is 7.11 Å². The molecule has 1 aromatic rings. The molecule has 1 unspecified atom stereocenters. The molecule has 0 bridgehead atoms. The predicted octanol–water partition coefficient (Wildman–Crippen LogP) is 1.68. The van der Waals surface area contributed by atoms with Crippen LogP contribution in [0.2, 0.25) is 5.02 Å². The monoisotopic (exact) mass is 292 g/mol. The topological polar surface area (TPSA) is 81.4 Å². The van der Waals surface area contributed by atoms with Crippen LogP contribution in [0.5, 0.6) is 0 Å². The molecule has 1 aromatic carbocycles. The molecule has 0 spiro atoms. The van der Waals surface area contributed by atoms with Gasteiger partial charge in [0.05, 0.1) is 22.2 Å².